The molecular weight excluding hydrogens is 348 g/mol. The number of hydrazone groups is 1. The highest BCUT2D eigenvalue weighted by Crippen LogP contribution is 2.29. The van der Waals surface area contributed by atoms with E-state index >= 15 is 0 Å². The van der Waals surface area contributed by atoms with Gasteiger partial charge >= 0.3 is 5.69 Å². The van der Waals surface area contributed by atoms with Crippen LogP contribution in [0.25, 0.3) is 11.2 Å². The molecule has 27 heavy (non-hydrogen) atoms. The van der Waals surface area contributed by atoms with Gasteiger partial charge in [0.05, 0.1) is 24.9 Å². The number of rotatable bonds is 6. The van der Waals surface area contributed by atoms with E-state index in [0.717, 1.165) is 12.1 Å². The first kappa shape index (κ1) is 19.3. The summed E-state index contributed by atoms with van der Waals surface area (Å²) in [5, 5.41) is 6.33. The molecule has 0 bridgehead atoms. The van der Waals surface area contributed by atoms with Crippen LogP contribution in [0.15, 0.2) is 14.7 Å². The Labute approximate surface area is 157 Å². The quantitative estimate of drug-likeness (QED) is 0.759. The van der Waals surface area contributed by atoms with E-state index in [2.05, 4.69) is 23.9 Å². The van der Waals surface area contributed by atoms with Crippen molar-refractivity contribution in [3.05, 3.63) is 20.8 Å². The average molecular weight is 376 g/mol. The van der Waals surface area contributed by atoms with Crippen LogP contribution < -0.4 is 16.3 Å². The number of nitrogens with zero attached hydrogens (tertiary/aromatic N) is 6. The lowest BCUT2D eigenvalue weighted by Gasteiger charge is -2.29. The minimum absolute atomic E-state index is 0.118. The van der Waals surface area contributed by atoms with Gasteiger partial charge in [-0.05, 0) is 26.2 Å². The summed E-state index contributed by atoms with van der Waals surface area (Å²) in [4.78, 5) is 30.6. The molecule has 9 heteroatoms. The van der Waals surface area contributed by atoms with E-state index in [9.17, 15) is 9.59 Å². The van der Waals surface area contributed by atoms with Crippen LogP contribution in [0.1, 0.15) is 40.2 Å². The maximum absolute atomic E-state index is 13.2. The van der Waals surface area contributed by atoms with Gasteiger partial charge in [0, 0.05) is 20.7 Å². The number of hydrogen-bond donors (Lipinski definition) is 0. The first-order valence-corrected chi connectivity index (χ1v) is 9.31. The van der Waals surface area contributed by atoms with Gasteiger partial charge in [-0.2, -0.15) is 10.1 Å². The molecule has 0 amide bonds. The molecule has 3 heterocycles. The smallest absolute Gasteiger partial charge is 0.332 e. The van der Waals surface area contributed by atoms with Crippen LogP contribution in [0.3, 0.4) is 0 Å². The van der Waals surface area contributed by atoms with Crippen molar-refractivity contribution in [3.63, 3.8) is 0 Å². The molecule has 0 aliphatic carbocycles. The Hall–Kier alpha value is -2.42. The first-order valence-electron chi connectivity index (χ1n) is 9.31. The third-order valence-electron chi connectivity index (χ3n) is 5.10. The van der Waals surface area contributed by atoms with Crippen molar-refractivity contribution >= 4 is 22.8 Å². The predicted octanol–water partition coefficient (Wildman–Crippen LogP) is 1.35. The summed E-state index contributed by atoms with van der Waals surface area (Å²) in [7, 11) is 3.29. The molecule has 0 saturated carbocycles. The molecule has 0 N–H and O–H groups in total. The Bertz CT molecular complexity index is 997. The highest BCUT2D eigenvalue weighted by Gasteiger charge is 2.30. The molecule has 1 aliphatic heterocycles. The zero-order valence-electron chi connectivity index (χ0n) is 16.9. The zero-order chi connectivity index (χ0) is 19.9. The van der Waals surface area contributed by atoms with Crippen LogP contribution >= 0.6 is 0 Å². The molecule has 0 radical (unpaired) electrons. The van der Waals surface area contributed by atoms with Crippen molar-refractivity contribution in [2.75, 3.05) is 25.3 Å². The number of fused-ring (bicyclic) bond motifs is 3. The van der Waals surface area contributed by atoms with E-state index in [1.807, 2.05) is 18.4 Å². The summed E-state index contributed by atoms with van der Waals surface area (Å²) < 4.78 is 9.84. The van der Waals surface area contributed by atoms with Crippen LogP contribution in [-0.2, 0) is 18.3 Å². The molecule has 0 spiro atoms. The minimum atomic E-state index is -0.336. The normalized spacial score (nSPS) is 16.9. The maximum Gasteiger partial charge on any atom is 0.332 e. The molecule has 0 fully saturated rings. The van der Waals surface area contributed by atoms with Gasteiger partial charge in [0.1, 0.15) is 0 Å². The Kier molecular flexibility index (Phi) is 5.23. The highest BCUT2D eigenvalue weighted by molar-refractivity contribution is 5.91. The largest absolute Gasteiger partial charge is 0.383 e. The molecule has 1 aliphatic rings. The fourth-order valence-electron chi connectivity index (χ4n) is 3.29. The molecule has 1 atom stereocenters. The SMILES string of the molecule is COCCN1N=C(C)[C@H](C)n2c1nc1c2c(=O)n(CCC(C)C)c(=O)n1C. The van der Waals surface area contributed by atoms with E-state index in [4.69, 9.17) is 4.74 Å². The molecule has 9 nitrogen and oxygen atoms in total. The van der Waals surface area contributed by atoms with Crippen molar-refractivity contribution in [2.45, 2.75) is 46.7 Å². The van der Waals surface area contributed by atoms with Crippen LogP contribution in [-0.4, -0.2) is 44.7 Å². The number of methoxy groups -OCH3 is 1. The third-order valence-corrected chi connectivity index (χ3v) is 5.10. The second-order valence-corrected chi connectivity index (χ2v) is 7.47. The maximum atomic E-state index is 13.2. The summed E-state index contributed by atoms with van der Waals surface area (Å²) >= 11 is 0. The van der Waals surface area contributed by atoms with Gasteiger partial charge in [0.15, 0.2) is 11.2 Å². The first-order chi connectivity index (χ1) is 12.8. The standard InChI is InChI=1S/C18H28N6O3/c1-11(2)7-8-22-16(25)14-15(21(5)18(22)26)19-17-23(9-10-27-6)20-12(3)13(4)24(14)17/h11,13H,7-10H2,1-6H3/t13-/m0/s1. The van der Waals surface area contributed by atoms with E-state index in [-0.39, 0.29) is 17.3 Å². The molecule has 0 aromatic carbocycles. The fraction of sp³-hybridized carbons (Fsp3) is 0.667. The zero-order valence-corrected chi connectivity index (χ0v) is 16.9. The second kappa shape index (κ2) is 7.30. The van der Waals surface area contributed by atoms with E-state index in [1.165, 1.54) is 9.13 Å². The van der Waals surface area contributed by atoms with Crippen molar-refractivity contribution in [1.29, 1.82) is 0 Å². The number of ether oxygens (including phenoxy) is 1. The minimum Gasteiger partial charge on any atom is -0.383 e. The number of anilines is 1. The average Bonchev–Trinajstić information content (AvgIpc) is 3.02. The van der Waals surface area contributed by atoms with Crippen molar-refractivity contribution in [3.8, 4) is 0 Å². The topological polar surface area (TPSA) is 86.7 Å². The predicted molar refractivity (Wildman–Crippen MR) is 106 cm³/mol. The van der Waals surface area contributed by atoms with Crippen LogP contribution in [0, 0.1) is 5.92 Å². The molecule has 0 unspecified atom stereocenters. The fourth-order valence-corrected chi connectivity index (χ4v) is 3.29. The van der Waals surface area contributed by atoms with Gasteiger partial charge in [-0.1, -0.05) is 13.8 Å². The monoisotopic (exact) mass is 376 g/mol. The summed E-state index contributed by atoms with van der Waals surface area (Å²) in [6.07, 6.45) is 0.762. The molecule has 3 rings (SSSR count). The van der Waals surface area contributed by atoms with Crippen LogP contribution in [0.5, 0.6) is 0 Å². The lowest BCUT2D eigenvalue weighted by Crippen LogP contribution is -2.40. The van der Waals surface area contributed by atoms with Crippen molar-refractivity contribution in [1.82, 2.24) is 18.7 Å². The lowest BCUT2D eigenvalue weighted by atomic mass is 10.1. The Balaban J connectivity index is 2.26. The summed E-state index contributed by atoms with van der Waals surface area (Å²) in [6, 6.07) is -0.118. The number of hydrogen-bond acceptors (Lipinski definition) is 6. The molecule has 2 aromatic heterocycles. The van der Waals surface area contributed by atoms with Gasteiger partial charge < -0.3 is 4.74 Å². The van der Waals surface area contributed by atoms with Crippen molar-refractivity contribution < 1.29 is 4.74 Å². The molecule has 2 aromatic rings. The molecular formula is C18H28N6O3. The summed E-state index contributed by atoms with van der Waals surface area (Å²) in [5.74, 6) is 0.961. The second-order valence-electron chi connectivity index (χ2n) is 7.47. The number of imidazole rings is 1. The van der Waals surface area contributed by atoms with Gasteiger partial charge in [-0.25, -0.2) is 9.80 Å². The van der Waals surface area contributed by atoms with Crippen LogP contribution in [0.4, 0.5) is 5.95 Å². The van der Waals surface area contributed by atoms with Gasteiger partial charge in [-0.15, -0.1) is 0 Å². The van der Waals surface area contributed by atoms with E-state index in [0.29, 0.717) is 42.7 Å². The third kappa shape index (κ3) is 3.20. The molecule has 0 saturated heterocycles. The lowest BCUT2D eigenvalue weighted by molar-refractivity contribution is 0.204. The van der Waals surface area contributed by atoms with Gasteiger partial charge in [0.2, 0.25) is 5.95 Å². The van der Waals surface area contributed by atoms with E-state index < -0.39 is 0 Å². The van der Waals surface area contributed by atoms with Crippen molar-refractivity contribution in [2.24, 2.45) is 18.1 Å². The number of aromatic nitrogens is 4. The van der Waals surface area contributed by atoms with Crippen LogP contribution in [0.2, 0.25) is 0 Å². The van der Waals surface area contributed by atoms with Gasteiger partial charge in [-0.3, -0.25) is 18.5 Å². The summed E-state index contributed by atoms with van der Waals surface area (Å²) in [5.41, 5.74) is 1.08. The van der Waals surface area contributed by atoms with Gasteiger partial charge in [0.25, 0.3) is 5.56 Å². The highest BCUT2D eigenvalue weighted by atomic mass is 16.5. The summed E-state index contributed by atoms with van der Waals surface area (Å²) in [6.45, 7) is 9.45. The Morgan fingerprint density at radius 3 is 2.56 bits per heavy atom. The van der Waals surface area contributed by atoms with E-state index in [1.54, 1.807) is 19.2 Å². The number of aryl methyl sites for hydroxylation is 1. The Morgan fingerprint density at radius 1 is 1.22 bits per heavy atom. The Morgan fingerprint density at radius 2 is 1.93 bits per heavy atom. The molecule has 148 valence electrons.